The second-order valence-corrected chi connectivity index (χ2v) is 6.26. The van der Waals surface area contributed by atoms with E-state index in [-0.39, 0.29) is 16.7 Å². The van der Waals surface area contributed by atoms with Crippen LogP contribution in [-0.4, -0.2) is 35.0 Å². The van der Waals surface area contributed by atoms with Crippen LogP contribution < -0.4 is 5.32 Å². The van der Waals surface area contributed by atoms with Gasteiger partial charge in [-0.15, -0.1) is 0 Å². The molecule has 116 valence electrons. The number of anilines is 1. The zero-order chi connectivity index (χ0) is 15.4. The van der Waals surface area contributed by atoms with Crippen molar-refractivity contribution in [1.82, 2.24) is 4.90 Å². The van der Waals surface area contributed by atoms with Gasteiger partial charge in [-0.3, -0.25) is 10.1 Å². The van der Waals surface area contributed by atoms with E-state index in [1.54, 1.807) is 12.1 Å². The molecule has 1 saturated heterocycles. The van der Waals surface area contributed by atoms with Gasteiger partial charge in [0, 0.05) is 29.7 Å². The zero-order valence-electron chi connectivity index (χ0n) is 12.5. The largest absolute Gasteiger partial charge is 0.377 e. The summed E-state index contributed by atoms with van der Waals surface area (Å²) >= 11 is 5.84. The summed E-state index contributed by atoms with van der Waals surface area (Å²) in [6, 6.07) is 5.61. The van der Waals surface area contributed by atoms with E-state index in [1.807, 2.05) is 0 Å². The van der Waals surface area contributed by atoms with Gasteiger partial charge in [0.1, 0.15) is 5.69 Å². The molecule has 2 rings (SSSR count). The Hall–Kier alpha value is -1.33. The van der Waals surface area contributed by atoms with E-state index >= 15 is 0 Å². The molecule has 0 aliphatic carbocycles. The molecule has 1 heterocycles. The Kier molecular flexibility index (Phi) is 5.42. The summed E-state index contributed by atoms with van der Waals surface area (Å²) in [4.78, 5) is 13.2. The number of likely N-dealkylation sites (tertiary alicyclic amines) is 1. The molecule has 1 aromatic carbocycles. The molecule has 1 atom stereocenters. The van der Waals surface area contributed by atoms with Crippen molar-refractivity contribution < 1.29 is 4.92 Å². The standard InChI is InChI=1S/C15H22ClN3O2/c1-11(2)18-8-3-4-13(7-9-18)17-14-6-5-12(16)10-15(14)19(20)21/h5-6,10-11,13,17H,3-4,7-9H2,1-2H3. The third-order valence-corrected chi connectivity index (χ3v) is 4.24. The molecule has 1 unspecified atom stereocenters. The van der Waals surface area contributed by atoms with Crippen molar-refractivity contribution in [1.29, 1.82) is 0 Å². The van der Waals surface area contributed by atoms with E-state index in [0.717, 1.165) is 32.4 Å². The lowest BCUT2D eigenvalue weighted by molar-refractivity contribution is -0.384. The Morgan fingerprint density at radius 1 is 1.38 bits per heavy atom. The highest BCUT2D eigenvalue weighted by Gasteiger charge is 2.21. The Morgan fingerprint density at radius 2 is 2.14 bits per heavy atom. The topological polar surface area (TPSA) is 58.4 Å². The van der Waals surface area contributed by atoms with Crippen LogP contribution in [0.5, 0.6) is 0 Å². The normalized spacial score (nSPS) is 20.3. The van der Waals surface area contributed by atoms with Crippen LogP contribution in [0.3, 0.4) is 0 Å². The van der Waals surface area contributed by atoms with E-state index in [9.17, 15) is 10.1 Å². The average Bonchev–Trinajstić information content (AvgIpc) is 2.66. The SMILES string of the molecule is CC(C)N1CCCC(Nc2ccc(Cl)cc2[N+](=O)[O-])CC1. The molecular formula is C15H22ClN3O2. The van der Waals surface area contributed by atoms with Crippen LogP contribution >= 0.6 is 11.6 Å². The quantitative estimate of drug-likeness (QED) is 0.676. The van der Waals surface area contributed by atoms with Crippen molar-refractivity contribution in [3.63, 3.8) is 0 Å². The van der Waals surface area contributed by atoms with Crippen LogP contribution in [0.25, 0.3) is 0 Å². The van der Waals surface area contributed by atoms with Crippen molar-refractivity contribution in [2.45, 2.75) is 45.2 Å². The highest BCUT2D eigenvalue weighted by molar-refractivity contribution is 6.30. The van der Waals surface area contributed by atoms with Crippen molar-refractivity contribution >= 4 is 23.0 Å². The fourth-order valence-electron chi connectivity index (χ4n) is 2.78. The number of nitrogens with zero attached hydrogens (tertiary/aromatic N) is 2. The molecular weight excluding hydrogens is 290 g/mol. The van der Waals surface area contributed by atoms with Crippen molar-refractivity contribution in [3.8, 4) is 0 Å². The van der Waals surface area contributed by atoms with E-state index in [0.29, 0.717) is 16.8 Å². The monoisotopic (exact) mass is 311 g/mol. The average molecular weight is 312 g/mol. The first-order chi connectivity index (χ1) is 9.97. The number of nitro benzene ring substituents is 1. The second kappa shape index (κ2) is 7.09. The minimum atomic E-state index is -0.384. The molecule has 21 heavy (non-hydrogen) atoms. The number of nitro groups is 1. The fraction of sp³-hybridized carbons (Fsp3) is 0.600. The summed E-state index contributed by atoms with van der Waals surface area (Å²) < 4.78 is 0. The van der Waals surface area contributed by atoms with Crippen LogP contribution in [-0.2, 0) is 0 Å². The summed E-state index contributed by atoms with van der Waals surface area (Å²) in [5.41, 5.74) is 0.611. The Morgan fingerprint density at radius 3 is 2.81 bits per heavy atom. The minimum absolute atomic E-state index is 0.0486. The maximum atomic E-state index is 11.1. The first kappa shape index (κ1) is 16.0. The van der Waals surface area contributed by atoms with Gasteiger partial charge in [0.25, 0.3) is 5.69 Å². The Bertz CT molecular complexity index is 508. The molecule has 0 saturated carbocycles. The number of rotatable bonds is 4. The number of hydrogen-bond donors (Lipinski definition) is 1. The summed E-state index contributed by atoms with van der Waals surface area (Å²) in [6.07, 6.45) is 3.14. The summed E-state index contributed by atoms with van der Waals surface area (Å²) in [5, 5.41) is 14.8. The van der Waals surface area contributed by atoms with Gasteiger partial charge in [-0.2, -0.15) is 0 Å². The van der Waals surface area contributed by atoms with Gasteiger partial charge in [0.15, 0.2) is 0 Å². The van der Waals surface area contributed by atoms with Crippen molar-refractivity contribution in [2.24, 2.45) is 0 Å². The lowest BCUT2D eigenvalue weighted by Gasteiger charge is -2.24. The molecule has 5 nitrogen and oxygen atoms in total. The predicted octanol–water partition coefficient (Wildman–Crippen LogP) is 3.92. The van der Waals surface area contributed by atoms with Gasteiger partial charge in [0.2, 0.25) is 0 Å². The van der Waals surface area contributed by atoms with Gasteiger partial charge in [-0.25, -0.2) is 0 Å². The van der Waals surface area contributed by atoms with Gasteiger partial charge in [-0.1, -0.05) is 11.6 Å². The van der Waals surface area contributed by atoms with Crippen LogP contribution in [0, 0.1) is 10.1 Å². The fourth-order valence-corrected chi connectivity index (χ4v) is 2.94. The highest BCUT2D eigenvalue weighted by Crippen LogP contribution is 2.29. The van der Waals surface area contributed by atoms with Crippen molar-refractivity contribution in [3.05, 3.63) is 33.3 Å². The molecule has 0 amide bonds. The van der Waals surface area contributed by atoms with E-state index in [2.05, 4.69) is 24.1 Å². The smallest absolute Gasteiger partial charge is 0.293 e. The lowest BCUT2D eigenvalue weighted by atomic mass is 10.1. The van der Waals surface area contributed by atoms with Gasteiger partial charge in [0.05, 0.1) is 4.92 Å². The van der Waals surface area contributed by atoms with Crippen LogP contribution in [0.1, 0.15) is 33.1 Å². The molecule has 6 heteroatoms. The maximum absolute atomic E-state index is 11.1. The van der Waals surface area contributed by atoms with E-state index in [1.165, 1.54) is 6.07 Å². The molecule has 0 aromatic heterocycles. The van der Waals surface area contributed by atoms with Crippen LogP contribution in [0.4, 0.5) is 11.4 Å². The lowest BCUT2D eigenvalue weighted by Crippen LogP contribution is -2.32. The molecule has 1 aromatic rings. The van der Waals surface area contributed by atoms with Crippen molar-refractivity contribution in [2.75, 3.05) is 18.4 Å². The molecule has 1 aliphatic rings. The van der Waals surface area contributed by atoms with Crippen LogP contribution in [0.2, 0.25) is 5.02 Å². The van der Waals surface area contributed by atoms with E-state index in [4.69, 9.17) is 11.6 Å². The van der Waals surface area contributed by atoms with E-state index < -0.39 is 0 Å². The number of hydrogen-bond acceptors (Lipinski definition) is 4. The maximum Gasteiger partial charge on any atom is 0.293 e. The Balaban J connectivity index is 2.06. The number of nitrogens with one attached hydrogen (secondary N) is 1. The summed E-state index contributed by atoms with van der Waals surface area (Å²) in [6.45, 7) is 6.53. The summed E-state index contributed by atoms with van der Waals surface area (Å²) in [7, 11) is 0. The molecule has 0 bridgehead atoms. The first-order valence-corrected chi connectivity index (χ1v) is 7.79. The highest BCUT2D eigenvalue weighted by atomic mass is 35.5. The number of halogens is 1. The number of benzene rings is 1. The zero-order valence-corrected chi connectivity index (χ0v) is 13.3. The third-order valence-electron chi connectivity index (χ3n) is 4.01. The molecule has 1 aliphatic heterocycles. The predicted molar refractivity (Wildman–Crippen MR) is 86.1 cm³/mol. The molecule has 0 radical (unpaired) electrons. The third kappa shape index (κ3) is 4.32. The minimum Gasteiger partial charge on any atom is -0.377 e. The van der Waals surface area contributed by atoms with Crippen LogP contribution in [0.15, 0.2) is 18.2 Å². The van der Waals surface area contributed by atoms with Gasteiger partial charge < -0.3 is 10.2 Å². The first-order valence-electron chi connectivity index (χ1n) is 7.42. The molecule has 1 fully saturated rings. The Labute approximate surface area is 130 Å². The second-order valence-electron chi connectivity index (χ2n) is 5.82. The molecule has 0 spiro atoms. The molecule has 1 N–H and O–H groups in total. The summed E-state index contributed by atoms with van der Waals surface area (Å²) in [5.74, 6) is 0. The van der Waals surface area contributed by atoms with Gasteiger partial charge in [-0.05, 0) is 51.8 Å². The van der Waals surface area contributed by atoms with Gasteiger partial charge >= 0.3 is 0 Å².